The van der Waals surface area contributed by atoms with E-state index in [0.29, 0.717) is 5.41 Å². The van der Waals surface area contributed by atoms with Gasteiger partial charge in [0.25, 0.3) is 0 Å². The molecule has 0 bridgehead atoms. The van der Waals surface area contributed by atoms with Gasteiger partial charge in [-0.05, 0) is 44.7 Å². The second kappa shape index (κ2) is 4.55. The Hall–Kier alpha value is -0.0800. The summed E-state index contributed by atoms with van der Waals surface area (Å²) in [5.74, 6) is 2.01. The maximum Gasteiger partial charge on any atom is 0.00968 e. The van der Waals surface area contributed by atoms with Gasteiger partial charge in [0.15, 0.2) is 0 Å². The van der Waals surface area contributed by atoms with Crippen LogP contribution >= 0.6 is 0 Å². The van der Waals surface area contributed by atoms with E-state index in [-0.39, 0.29) is 0 Å². The van der Waals surface area contributed by atoms with Crippen molar-refractivity contribution in [2.75, 3.05) is 39.8 Å². The molecule has 2 heterocycles. The Morgan fingerprint density at radius 1 is 1.06 bits per heavy atom. The first-order chi connectivity index (χ1) is 8.15. The molecule has 0 unspecified atom stereocenters. The molecule has 0 atom stereocenters. The van der Waals surface area contributed by atoms with Crippen LogP contribution in [-0.4, -0.2) is 49.6 Å². The molecule has 3 aliphatic rings. The van der Waals surface area contributed by atoms with Crippen LogP contribution in [0, 0.1) is 17.3 Å². The third-order valence-corrected chi connectivity index (χ3v) is 5.40. The first-order valence-corrected chi connectivity index (χ1v) is 7.56. The molecule has 0 aromatic heterocycles. The van der Waals surface area contributed by atoms with E-state index < -0.39 is 0 Å². The molecule has 1 saturated carbocycles. The predicted octanol–water partition coefficient (Wildman–Crippen LogP) is 2.45. The minimum Gasteiger partial charge on any atom is -0.306 e. The van der Waals surface area contributed by atoms with E-state index >= 15 is 0 Å². The van der Waals surface area contributed by atoms with Crippen LogP contribution in [0.15, 0.2) is 0 Å². The normalized spacial score (nSPS) is 38.5. The predicted molar refractivity (Wildman–Crippen MR) is 72.1 cm³/mol. The molecule has 98 valence electrons. The molecular formula is C15H28N2. The van der Waals surface area contributed by atoms with E-state index in [1.807, 2.05) is 0 Å². The summed E-state index contributed by atoms with van der Waals surface area (Å²) >= 11 is 0. The lowest BCUT2D eigenvalue weighted by Gasteiger charge is -2.49. The lowest BCUT2D eigenvalue weighted by molar-refractivity contribution is -0.00614. The Morgan fingerprint density at radius 3 is 2.35 bits per heavy atom. The molecule has 0 N–H and O–H groups in total. The monoisotopic (exact) mass is 236 g/mol. The summed E-state index contributed by atoms with van der Waals surface area (Å²) < 4.78 is 0. The van der Waals surface area contributed by atoms with Crippen molar-refractivity contribution in [3.05, 3.63) is 0 Å². The number of likely N-dealkylation sites (tertiary alicyclic amines) is 2. The van der Waals surface area contributed by atoms with Gasteiger partial charge in [-0.25, -0.2) is 0 Å². The quantitative estimate of drug-likeness (QED) is 0.726. The summed E-state index contributed by atoms with van der Waals surface area (Å²) in [5.41, 5.74) is 0.705. The summed E-state index contributed by atoms with van der Waals surface area (Å²) in [6.45, 7) is 9.29. The van der Waals surface area contributed by atoms with Crippen LogP contribution in [0.2, 0.25) is 0 Å². The second-order valence-electron chi connectivity index (χ2n) is 7.28. The van der Waals surface area contributed by atoms with Gasteiger partial charge in [0.1, 0.15) is 0 Å². The van der Waals surface area contributed by atoms with Gasteiger partial charge in [-0.3, -0.25) is 0 Å². The molecule has 3 fully saturated rings. The smallest absolute Gasteiger partial charge is 0.00968 e. The fourth-order valence-electron chi connectivity index (χ4n) is 4.33. The Labute approximate surface area is 106 Å². The summed E-state index contributed by atoms with van der Waals surface area (Å²) in [6.07, 6.45) is 7.38. The average Bonchev–Trinajstić information content (AvgIpc) is 2.63. The van der Waals surface area contributed by atoms with Crippen LogP contribution < -0.4 is 0 Å². The van der Waals surface area contributed by atoms with Gasteiger partial charge in [0.2, 0.25) is 0 Å². The molecule has 3 rings (SSSR count). The first-order valence-electron chi connectivity index (χ1n) is 7.56. The highest BCUT2D eigenvalue weighted by Gasteiger charge is 2.46. The summed E-state index contributed by atoms with van der Waals surface area (Å²) in [4.78, 5) is 5.25. The van der Waals surface area contributed by atoms with Crippen molar-refractivity contribution >= 4 is 0 Å². The molecule has 2 saturated heterocycles. The van der Waals surface area contributed by atoms with E-state index in [1.54, 1.807) is 0 Å². The Morgan fingerprint density at radius 2 is 1.76 bits per heavy atom. The zero-order chi connectivity index (χ0) is 11.9. The maximum atomic E-state index is 2.74. The zero-order valence-electron chi connectivity index (χ0n) is 11.6. The molecule has 0 aromatic carbocycles. The third kappa shape index (κ3) is 2.53. The molecule has 2 nitrogen and oxygen atoms in total. The van der Waals surface area contributed by atoms with Crippen LogP contribution in [0.5, 0.6) is 0 Å². The van der Waals surface area contributed by atoms with Gasteiger partial charge < -0.3 is 9.80 Å². The van der Waals surface area contributed by atoms with Crippen molar-refractivity contribution in [1.82, 2.24) is 9.80 Å². The van der Waals surface area contributed by atoms with Crippen molar-refractivity contribution in [2.45, 2.75) is 39.0 Å². The van der Waals surface area contributed by atoms with Crippen molar-refractivity contribution < 1.29 is 0 Å². The number of rotatable bonds is 2. The number of nitrogens with zero attached hydrogens (tertiary/aromatic N) is 2. The molecule has 17 heavy (non-hydrogen) atoms. The van der Waals surface area contributed by atoms with E-state index in [9.17, 15) is 0 Å². The molecule has 0 amide bonds. The molecule has 2 heteroatoms. The lowest BCUT2D eigenvalue weighted by atomic mass is 9.77. The van der Waals surface area contributed by atoms with Crippen molar-refractivity contribution in [3.63, 3.8) is 0 Å². The van der Waals surface area contributed by atoms with Crippen LogP contribution in [0.1, 0.15) is 39.0 Å². The minimum absolute atomic E-state index is 0.705. The van der Waals surface area contributed by atoms with Gasteiger partial charge in [-0.15, -0.1) is 0 Å². The molecule has 0 radical (unpaired) electrons. The highest BCUT2D eigenvalue weighted by atomic mass is 15.3. The largest absolute Gasteiger partial charge is 0.306 e. The van der Waals surface area contributed by atoms with Crippen LogP contribution in [0.4, 0.5) is 0 Å². The zero-order valence-corrected chi connectivity index (χ0v) is 11.6. The standard InChI is InChI=1S/C15H28N2/c1-13-3-5-14(6-4-13)9-17-11-15(12-17)7-8-16(2)10-15/h13-14H,3-12H2,1-2H3. The minimum atomic E-state index is 0.705. The number of hydrogen-bond donors (Lipinski definition) is 0. The van der Waals surface area contributed by atoms with Gasteiger partial charge in [0.05, 0.1) is 0 Å². The SMILES string of the molecule is CC1CCC(CN2CC3(CCN(C)C3)C2)CC1. The fraction of sp³-hybridized carbons (Fsp3) is 1.00. The molecule has 1 spiro atoms. The van der Waals surface area contributed by atoms with E-state index in [2.05, 4.69) is 23.8 Å². The van der Waals surface area contributed by atoms with Crippen LogP contribution in [0.3, 0.4) is 0 Å². The van der Waals surface area contributed by atoms with Crippen molar-refractivity contribution in [3.8, 4) is 0 Å². The Balaban J connectivity index is 1.41. The van der Waals surface area contributed by atoms with Gasteiger partial charge in [0, 0.05) is 31.6 Å². The van der Waals surface area contributed by atoms with Crippen molar-refractivity contribution in [2.24, 2.45) is 17.3 Å². The van der Waals surface area contributed by atoms with Gasteiger partial charge in [-0.1, -0.05) is 19.8 Å². The average molecular weight is 236 g/mol. The van der Waals surface area contributed by atoms with Crippen LogP contribution in [-0.2, 0) is 0 Å². The highest BCUT2D eigenvalue weighted by Crippen LogP contribution is 2.40. The lowest BCUT2D eigenvalue weighted by Crippen LogP contribution is -2.58. The summed E-state index contributed by atoms with van der Waals surface area (Å²) in [5, 5.41) is 0. The molecule has 0 aromatic rings. The summed E-state index contributed by atoms with van der Waals surface area (Å²) in [6, 6.07) is 0. The highest BCUT2D eigenvalue weighted by molar-refractivity contribution is 5.01. The van der Waals surface area contributed by atoms with E-state index in [4.69, 9.17) is 0 Å². The van der Waals surface area contributed by atoms with Crippen molar-refractivity contribution in [1.29, 1.82) is 0 Å². The third-order valence-electron chi connectivity index (χ3n) is 5.40. The molecular weight excluding hydrogens is 208 g/mol. The second-order valence-corrected chi connectivity index (χ2v) is 7.28. The molecule has 2 aliphatic heterocycles. The van der Waals surface area contributed by atoms with Gasteiger partial charge >= 0.3 is 0 Å². The molecule has 1 aliphatic carbocycles. The van der Waals surface area contributed by atoms with Gasteiger partial charge in [-0.2, -0.15) is 0 Å². The Bertz CT molecular complexity index is 262. The van der Waals surface area contributed by atoms with E-state index in [0.717, 1.165) is 11.8 Å². The maximum absolute atomic E-state index is 2.74. The Kier molecular flexibility index (Phi) is 3.20. The number of hydrogen-bond acceptors (Lipinski definition) is 2. The summed E-state index contributed by atoms with van der Waals surface area (Å²) in [7, 11) is 2.28. The fourth-order valence-corrected chi connectivity index (χ4v) is 4.33. The van der Waals surface area contributed by atoms with E-state index in [1.165, 1.54) is 64.8 Å². The van der Waals surface area contributed by atoms with Crippen LogP contribution in [0.25, 0.3) is 0 Å². The first kappa shape index (κ1) is 12.0. The topological polar surface area (TPSA) is 6.48 Å².